The maximum atomic E-state index is 13.0. The molecule has 3 rings (SSSR count). The van der Waals surface area contributed by atoms with Crippen molar-refractivity contribution in [1.82, 2.24) is 4.90 Å². The summed E-state index contributed by atoms with van der Waals surface area (Å²) in [5.74, 6) is 0.849. The Bertz CT molecular complexity index is 679. The Balaban J connectivity index is 1.97. The maximum absolute atomic E-state index is 13.0. The number of benzene rings is 1. The Hall–Kier alpha value is -1.79. The summed E-state index contributed by atoms with van der Waals surface area (Å²) < 4.78 is 11.0. The summed E-state index contributed by atoms with van der Waals surface area (Å²) in [4.78, 5) is 27.6. The molecule has 5 nitrogen and oxygen atoms in total. The van der Waals surface area contributed by atoms with E-state index in [1.807, 2.05) is 25.1 Å². The van der Waals surface area contributed by atoms with Crippen molar-refractivity contribution in [3.63, 3.8) is 0 Å². The van der Waals surface area contributed by atoms with Crippen LogP contribution in [-0.4, -0.2) is 48.8 Å². The van der Waals surface area contributed by atoms with Crippen LogP contribution < -0.4 is 4.74 Å². The molecule has 0 radical (unpaired) electrons. The number of carbonyl (C=O) groups is 2. The van der Waals surface area contributed by atoms with Gasteiger partial charge in [0.05, 0.1) is 30.2 Å². The molecule has 0 bridgehead atoms. The highest BCUT2D eigenvalue weighted by Crippen LogP contribution is 2.39. The number of ether oxygens (including phenoxy) is 2. The van der Waals surface area contributed by atoms with E-state index < -0.39 is 0 Å². The van der Waals surface area contributed by atoms with Crippen molar-refractivity contribution in [2.75, 3.05) is 26.0 Å². The molecule has 128 valence electrons. The van der Waals surface area contributed by atoms with Crippen molar-refractivity contribution in [3.8, 4) is 5.75 Å². The van der Waals surface area contributed by atoms with E-state index in [0.717, 1.165) is 18.6 Å². The summed E-state index contributed by atoms with van der Waals surface area (Å²) in [5.41, 5.74) is 1.12. The molecular weight excluding hydrogens is 326 g/mol. The van der Waals surface area contributed by atoms with Gasteiger partial charge in [0.1, 0.15) is 5.75 Å². The van der Waals surface area contributed by atoms with Gasteiger partial charge in [0.15, 0.2) is 0 Å². The van der Waals surface area contributed by atoms with Crippen LogP contribution in [0.4, 0.5) is 0 Å². The maximum Gasteiger partial charge on any atom is 0.268 e. The van der Waals surface area contributed by atoms with Gasteiger partial charge in [-0.3, -0.25) is 14.5 Å². The van der Waals surface area contributed by atoms with E-state index in [1.165, 1.54) is 16.7 Å². The summed E-state index contributed by atoms with van der Waals surface area (Å²) in [6, 6.07) is 7.32. The predicted octanol–water partition coefficient (Wildman–Crippen LogP) is 2.71. The van der Waals surface area contributed by atoms with Crippen LogP contribution in [0.1, 0.15) is 25.3 Å². The number of carbonyl (C=O) groups excluding carboxylic acids is 2. The third kappa shape index (κ3) is 3.08. The molecule has 1 atom stereocenters. The van der Waals surface area contributed by atoms with Crippen molar-refractivity contribution in [2.24, 2.45) is 0 Å². The van der Waals surface area contributed by atoms with Gasteiger partial charge in [-0.1, -0.05) is 25.1 Å². The first-order valence-corrected chi connectivity index (χ1v) is 9.14. The van der Waals surface area contributed by atoms with Gasteiger partial charge in [0.25, 0.3) is 11.8 Å². The normalized spacial score (nSPS) is 21.1. The fraction of sp³-hybridized carbons (Fsp3) is 0.444. The summed E-state index contributed by atoms with van der Waals surface area (Å²) in [7, 11) is 1.57. The zero-order valence-corrected chi connectivity index (χ0v) is 14.7. The van der Waals surface area contributed by atoms with Crippen molar-refractivity contribution in [3.05, 3.63) is 34.7 Å². The molecule has 2 aliphatic rings. The average Bonchev–Trinajstić information content (AvgIpc) is 3.18. The molecule has 0 aromatic heterocycles. The topological polar surface area (TPSA) is 55.8 Å². The summed E-state index contributed by atoms with van der Waals surface area (Å²) in [6.45, 7) is 2.99. The van der Waals surface area contributed by atoms with E-state index in [1.54, 1.807) is 13.2 Å². The minimum atomic E-state index is -0.254. The van der Waals surface area contributed by atoms with E-state index in [-0.39, 0.29) is 17.9 Å². The number of hydrogen-bond donors (Lipinski definition) is 0. The molecule has 24 heavy (non-hydrogen) atoms. The SMILES string of the molecule is CCSC1=C(c2ccccc2OC)C(=O)N(CC2CCCO2)C1=O. The fourth-order valence-corrected chi connectivity index (χ4v) is 3.94. The first-order chi connectivity index (χ1) is 11.7. The molecule has 1 aromatic carbocycles. The molecule has 0 saturated carbocycles. The molecule has 0 N–H and O–H groups in total. The zero-order valence-electron chi connectivity index (χ0n) is 13.9. The molecule has 2 amide bonds. The molecular formula is C18H21NO4S. The molecule has 1 unspecified atom stereocenters. The van der Waals surface area contributed by atoms with Crippen LogP contribution in [0.25, 0.3) is 5.57 Å². The third-order valence-electron chi connectivity index (χ3n) is 4.20. The number of para-hydroxylation sites is 1. The Morgan fingerprint density at radius 2 is 2.08 bits per heavy atom. The van der Waals surface area contributed by atoms with Crippen molar-refractivity contribution in [2.45, 2.75) is 25.9 Å². The van der Waals surface area contributed by atoms with Gasteiger partial charge in [-0.25, -0.2) is 0 Å². The largest absolute Gasteiger partial charge is 0.496 e. The van der Waals surface area contributed by atoms with Gasteiger partial charge in [0, 0.05) is 12.2 Å². The predicted molar refractivity (Wildman–Crippen MR) is 93.7 cm³/mol. The quantitative estimate of drug-likeness (QED) is 0.741. The number of imide groups is 1. The smallest absolute Gasteiger partial charge is 0.268 e. The molecule has 6 heteroatoms. The lowest BCUT2D eigenvalue weighted by atomic mass is 10.0. The number of amides is 2. The average molecular weight is 347 g/mol. The van der Waals surface area contributed by atoms with Crippen molar-refractivity contribution in [1.29, 1.82) is 0 Å². The van der Waals surface area contributed by atoms with Gasteiger partial charge in [0.2, 0.25) is 0 Å². The Kier molecular flexibility index (Phi) is 5.26. The minimum absolute atomic E-state index is 0.0530. The number of rotatable bonds is 6. The Morgan fingerprint density at radius 3 is 2.75 bits per heavy atom. The van der Waals surface area contributed by atoms with Gasteiger partial charge >= 0.3 is 0 Å². The van der Waals surface area contributed by atoms with Crippen LogP contribution in [-0.2, 0) is 14.3 Å². The summed E-state index contributed by atoms with van der Waals surface area (Å²) in [5, 5.41) is 0. The van der Waals surface area contributed by atoms with Crippen LogP contribution in [0, 0.1) is 0 Å². The highest BCUT2D eigenvalue weighted by Gasteiger charge is 2.41. The van der Waals surface area contributed by atoms with Crippen LogP contribution in [0.15, 0.2) is 29.2 Å². The highest BCUT2D eigenvalue weighted by atomic mass is 32.2. The first-order valence-electron chi connectivity index (χ1n) is 8.15. The molecule has 2 heterocycles. The van der Waals surface area contributed by atoms with E-state index in [2.05, 4.69) is 0 Å². The van der Waals surface area contributed by atoms with Gasteiger partial charge < -0.3 is 9.47 Å². The van der Waals surface area contributed by atoms with Crippen molar-refractivity contribution < 1.29 is 19.1 Å². The second-order valence-corrected chi connectivity index (χ2v) is 6.97. The van der Waals surface area contributed by atoms with E-state index in [9.17, 15) is 9.59 Å². The summed E-state index contributed by atoms with van der Waals surface area (Å²) >= 11 is 1.41. The number of nitrogens with zero attached hydrogens (tertiary/aromatic N) is 1. The monoisotopic (exact) mass is 347 g/mol. The van der Waals surface area contributed by atoms with E-state index in [0.29, 0.717) is 34.9 Å². The fourth-order valence-electron chi connectivity index (χ4n) is 3.08. The lowest BCUT2D eigenvalue weighted by Crippen LogP contribution is -2.37. The number of methoxy groups -OCH3 is 1. The van der Waals surface area contributed by atoms with Crippen LogP contribution in [0.5, 0.6) is 5.75 Å². The molecule has 1 saturated heterocycles. The van der Waals surface area contributed by atoms with Crippen LogP contribution in [0.3, 0.4) is 0 Å². The second kappa shape index (κ2) is 7.40. The van der Waals surface area contributed by atoms with E-state index >= 15 is 0 Å². The first kappa shape index (κ1) is 17.0. The minimum Gasteiger partial charge on any atom is -0.496 e. The van der Waals surface area contributed by atoms with Crippen LogP contribution >= 0.6 is 11.8 Å². The Labute approximate surface area is 146 Å². The molecule has 0 spiro atoms. The highest BCUT2D eigenvalue weighted by molar-refractivity contribution is 8.04. The molecule has 0 aliphatic carbocycles. The van der Waals surface area contributed by atoms with Crippen LogP contribution in [0.2, 0.25) is 0 Å². The number of thioether (sulfide) groups is 1. The lowest BCUT2D eigenvalue weighted by Gasteiger charge is -2.19. The van der Waals surface area contributed by atoms with Gasteiger partial charge in [-0.15, -0.1) is 11.8 Å². The van der Waals surface area contributed by atoms with Gasteiger partial charge in [-0.2, -0.15) is 0 Å². The van der Waals surface area contributed by atoms with E-state index in [4.69, 9.17) is 9.47 Å². The second-order valence-electron chi connectivity index (χ2n) is 5.69. The lowest BCUT2D eigenvalue weighted by molar-refractivity contribution is -0.138. The zero-order chi connectivity index (χ0) is 17.1. The Morgan fingerprint density at radius 1 is 1.29 bits per heavy atom. The molecule has 2 aliphatic heterocycles. The number of hydrogen-bond acceptors (Lipinski definition) is 5. The molecule has 1 fully saturated rings. The summed E-state index contributed by atoms with van der Waals surface area (Å²) in [6.07, 6.45) is 1.81. The third-order valence-corrected chi connectivity index (χ3v) is 5.16. The van der Waals surface area contributed by atoms with Gasteiger partial charge in [-0.05, 0) is 24.7 Å². The molecule has 1 aromatic rings. The van der Waals surface area contributed by atoms with Crippen molar-refractivity contribution >= 4 is 29.1 Å². The standard InChI is InChI=1S/C18H21NO4S/c1-3-24-16-15(13-8-4-5-9-14(13)22-2)17(20)19(18(16)21)11-12-7-6-10-23-12/h4-5,8-9,12H,3,6-7,10-11H2,1-2H3.